The molecule has 1 N–H and O–H groups in total. The number of aromatic amines is 1. The maximum absolute atomic E-state index is 12.7. The van der Waals surface area contributed by atoms with Crippen LogP contribution in [0.5, 0.6) is 0 Å². The van der Waals surface area contributed by atoms with Gasteiger partial charge in [0.25, 0.3) is 5.56 Å². The number of nitrogens with one attached hydrogen (secondary N) is 1. The Balaban J connectivity index is 1.68. The summed E-state index contributed by atoms with van der Waals surface area (Å²) in [4.78, 5) is 25.9. The SMILES string of the molecule is C[C@H](c1nc2scc(-c3cccs3)c2c(=O)[nH]1)N(C)Cc1cccs1. The van der Waals surface area contributed by atoms with Crippen LogP contribution >= 0.6 is 34.0 Å². The van der Waals surface area contributed by atoms with Gasteiger partial charge in [-0.2, -0.15) is 0 Å². The summed E-state index contributed by atoms with van der Waals surface area (Å²) in [6, 6.07) is 8.26. The highest BCUT2D eigenvalue weighted by Crippen LogP contribution is 2.34. The minimum atomic E-state index is -0.0546. The standard InChI is InChI=1S/C18H17N3OS3/c1-11(21(2)9-12-5-3-7-23-12)16-19-17(22)15-13(10-25-18(15)20-16)14-6-4-8-24-14/h3-8,10-11H,9H2,1-2H3,(H,19,20,22)/t11-/m1/s1. The Hall–Kier alpha value is -1.80. The van der Waals surface area contributed by atoms with E-state index in [0.717, 1.165) is 27.6 Å². The van der Waals surface area contributed by atoms with Gasteiger partial charge in [0.15, 0.2) is 0 Å². The molecular formula is C18H17N3OS3. The molecule has 0 bridgehead atoms. The zero-order chi connectivity index (χ0) is 17.4. The molecule has 4 heterocycles. The van der Waals surface area contributed by atoms with Gasteiger partial charge >= 0.3 is 0 Å². The quantitative estimate of drug-likeness (QED) is 0.526. The lowest BCUT2D eigenvalue weighted by Gasteiger charge is -2.23. The number of H-pyrrole nitrogens is 1. The maximum atomic E-state index is 12.7. The number of aromatic nitrogens is 2. The van der Waals surface area contributed by atoms with Gasteiger partial charge in [-0.3, -0.25) is 9.69 Å². The third kappa shape index (κ3) is 3.20. The van der Waals surface area contributed by atoms with E-state index in [-0.39, 0.29) is 11.6 Å². The summed E-state index contributed by atoms with van der Waals surface area (Å²) in [6.45, 7) is 2.91. The fourth-order valence-corrected chi connectivity index (χ4v) is 5.31. The first-order valence-corrected chi connectivity index (χ1v) is 10.6. The Labute approximate surface area is 157 Å². The average molecular weight is 388 g/mol. The van der Waals surface area contributed by atoms with Crippen LogP contribution in [-0.2, 0) is 6.54 Å². The minimum absolute atomic E-state index is 0.0338. The number of nitrogens with zero attached hydrogens (tertiary/aromatic N) is 2. The average Bonchev–Trinajstić information content (AvgIpc) is 3.34. The van der Waals surface area contributed by atoms with E-state index in [4.69, 9.17) is 4.98 Å². The molecule has 4 rings (SSSR count). The Morgan fingerprint density at radius 1 is 1.20 bits per heavy atom. The van der Waals surface area contributed by atoms with Crippen molar-refractivity contribution in [3.8, 4) is 10.4 Å². The number of thiophene rings is 3. The van der Waals surface area contributed by atoms with Gasteiger partial charge in [-0.25, -0.2) is 4.98 Å². The summed E-state index contributed by atoms with van der Waals surface area (Å²) < 4.78 is 0. The molecule has 7 heteroatoms. The number of rotatable bonds is 5. The zero-order valence-corrected chi connectivity index (χ0v) is 16.3. The normalized spacial score (nSPS) is 12.9. The van der Waals surface area contributed by atoms with Gasteiger partial charge in [-0.1, -0.05) is 12.1 Å². The van der Waals surface area contributed by atoms with E-state index < -0.39 is 0 Å². The van der Waals surface area contributed by atoms with Crippen molar-refractivity contribution in [3.63, 3.8) is 0 Å². The van der Waals surface area contributed by atoms with Crippen LogP contribution in [0, 0.1) is 0 Å². The van der Waals surface area contributed by atoms with Crippen LogP contribution in [0.15, 0.2) is 45.2 Å². The van der Waals surface area contributed by atoms with Gasteiger partial charge in [0.1, 0.15) is 10.7 Å². The third-order valence-corrected chi connectivity index (χ3v) is 6.93. The largest absolute Gasteiger partial charge is 0.309 e. The van der Waals surface area contributed by atoms with Crippen LogP contribution in [0.1, 0.15) is 23.7 Å². The summed E-state index contributed by atoms with van der Waals surface area (Å²) in [6.07, 6.45) is 0. The van der Waals surface area contributed by atoms with Crippen molar-refractivity contribution in [2.45, 2.75) is 19.5 Å². The van der Waals surface area contributed by atoms with E-state index in [1.165, 1.54) is 16.2 Å². The zero-order valence-electron chi connectivity index (χ0n) is 13.9. The van der Waals surface area contributed by atoms with Gasteiger partial charge in [0.2, 0.25) is 0 Å². The lowest BCUT2D eigenvalue weighted by atomic mass is 10.2. The predicted octanol–water partition coefficient (Wildman–Crippen LogP) is 4.97. The lowest BCUT2D eigenvalue weighted by molar-refractivity contribution is 0.246. The first-order chi connectivity index (χ1) is 12.1. The molecule has 1 atom stereocenters. The van der Waals surface area contributed by atoms with Crippen molar-refractivity contribution in [1.29, 1.82) is 0 Å². The molecule has 128 valence electrons. The molecule has 4 nitrogen and oxygen atoms in total. The molecule has 0 aliphatic carbocycles. The van der Waals surface area contributed by atoms with Crippen molar-refractivity contribution in [1.82, 2.24) is 14.9 Å². The van der Waals surface area contributed by atoms with E-state index >= 15 is 0 Å². The number of hydrogen-bond donors (Lipinski definition) is 1. The second-order valence-corrected chi connectivity index (χ2v) is 8.77. The predicted molar refractivity (Wildman–Crippen MR) is 108 cm³/mol. The lowest BCUT2D eigenvalue weighted by Crippen LogP contribution is -2.25. The molecule has 0 radical (unpaired) electrons. The second kappa shape index (κ2) is 6.84. The second-order valence-electron chi connectivity index (χ2n) is 5.93. The van der Waals surface area contributed by atoms with Crippen LogP contribution in [-0.4, -0.2) is 21.9 Å². The molecule has 4 aromatic rings. The fraction of sp³-hybridized carbons (Fsp3) is 0.222. The van der Waals surface area contributed by atoms with E-state index in [1.54, 1.807) is 22.7 Å². The topological polar surface area (TPSA) is 49.0 Å². The van der Waals surface area contributed by atoms with Gasteiger partial charge in [-0.05, 0) is 36.9 Å². The number of fused-ring (bicyclic) bond motifs is 1. The number of hydrogen-bond acceptors (Lipinski definition) is 6. The Morgan fingerprint density at radius 2 is 2.00 bits per heavy atom. The Kier molecular flexibility index (Phi) is 4.56. The maximum Gasteiger partial charge on any atom is 0.260 e. The highest BCUT2D eigenvalue weighted by Gasteiger charge is 2.19. The van der Waals surface area contributed by atoms with E-state index in [0.29, 0.717) is 5.39 Å². The van der Waals surface area contributed by atoms with Crippen molar-refractivity contribution in [2.24, 2.45) is 0 Å². The Bertz CT molecular complexity index is 1030. The van der Waals surface area contributed by atoms with Gasteiger partial charge in [-0.15, -0.1) is 34.0 Å². The van der Waals surface area contributed by atoms with Crippen LogP contribution in [0.4, 0.5) is 0 Å². The minimum Gasteiger partial charge on any atom is -0.309 e. The van der Waals surface area contributed by atoms with Crippen molar-refractivity contribution in [3.05, 3.63) is 61.5 Å². The van der Waals surface area contributed by atoms with Crippen LogP contribution < -0.4 is 5.56 Å². The van der Waals surface area contributed by atoms with Crippen LogP contribution in [0.2, 0.25) is 0 Å². The Morgan fingerprint density at radius 3 is 2.72 bits per heavy atom. The smallest absolute Gasteiger partial charge is 0.260 e. The summed E-state index contributed by atoms with van der Waals surface area (Å²) >= 11 is 4.92. The third-order valence-electron chi connectivity index (χ3n) is 4.29. The molecule has 0 aliphatic heterocycles. The van der Waals surface area contributed by atoms with E-state index in [2.05, 4.69) is 41.4 Å². The summed E-state index contributed by atoms with van der Waals surface area (Å²) in [7, 11) is 2.06. The highest BCUT2D eigenvalue weighted by molar-refractivity contribution is 7.18. The van der Waals surface area contributed by atoms with Gasteiger partial charge < -0.3 is 4.98 Å². The van der Waals surface area contributed by atoms with E-state index in [1.807, 2.05) is 22.9 Å². The van der Waals surface area contributed by atoms with Crippen molar-refractivity contribution < 1.29 is 0 Å². The van der Waals surface area contributed by atoms with Crippen molar-refractivity contribution in [2.75, 3.05) is 7.05 Å². The van der Waals surface area contributed by atoms with Crippen LogP contribution in [0.25, 0.3) is 20.7 Å². The van der Waals surface area contributed by atoms with Gasteiger partial charge in [0, 0.05) is 27.2 Å². The molecule has 0 saturated carbocycles. The van der Waals surface area contributed by atoms with E-state index in [9.17, 15) is 4.79 Å². The molecular weight excluding hydrogens is 370 g/mol. The molecule has 0 spiro atoms. The summed E-state index contributed by atoms with van der Waals surface area (Å²) in [5, 5.41) is 6.83. The molecule has 0 aliphatic rings. The van der Waals surface area contributed by atoms with Gasteiger partial charge in [0.05, 0.1) is 11.4 Å². The summed E-state index contributed by atoms with van der Waals surface area (Å²) in [5.74, 6) is 0.719. The summed E-state index contributed by atoms with van der Waals surface area (Å²) in [5.41, 5.74) is 0.927. The fourth-order valence-electron chi connectivity index (χ4n) is 2.77. The molecule has 25 heavy (non-hydrogen) atoms. The molecule has 0 saturated heterocycles. The molecule has 0 aromatic carbocycles. The monoisotopic (exact) mass is 387 g/mol. The first kappa shape index (κ1) is 16.7. The molecule has 0 amide bonds. The molecule has 4 aromatic heterocycles. The van der Waals surface area contributed by atoms with Crippen molar-refractivity contribution >= 4 is 44.2 Å². The van der Waals surface area contributed by atoms with Crippen LogP contribution in [0.3, 0.4) is 0 Å². The molecule has 0 unspecified atom stereocenters. The highest BCUT2D eigenvalue weighted by atomic mass is 32.1. The molecule has 0 fully saturated rings. The first-order valence-electron chi connectivity index (χ1n) is 7.91.